The molecule has 0 radical (unpaired) electrons. The highest BCUT2D eigenvalue weighted by Crippen LogP contribution is 2.42. The van der Waals surface area contributed by atoms with E-state index < -0.39 is 0 Å². The molecule has 0 saturated heterocycles. The monoisotopic (exact) mass is 420 g/mol. The fraction of sp³-hybridized carbons (Fsp3) is 0.833. The van der Waals surface area contributed by atoms with Crippen LogP contribution in [0.15, 0.2) is 0 Å². The van der Waals surface area contributed by atoms with Gasteiger partial charge in [-0.1, -0.05) is 65.7 Å². The number of aryl methyl sites for hydroxylation is 1. The summed E-state index contributed by atoms with van der Waals surface area (Å²) >= 11 is 2.42. The number of hydrogen-bond acceptors (Lipinski definition) is 2. The van der Waals surface area contributed by atoms with Crippen LogP contribution in [0.5, 0.6) is 5.88 Å². The van der Waals surface area contributed by atoms with Crippen molar-refractivity contribution in [3.8, 4) is 5.88 Å². The minimum atomic E-state index is 0.180. The molecule has 1 heterocycles. The number of hydrogen-bond donors (Lipinski definition) is 0. The molecule has 0 saturated carbocycles. The highest BCUT2D eigenvalue weighted by atomic mass is 127. The Balaban J connectivity index is 2.97. The van der Waals surface area contributed by atoms with Crippen molar-refractivity contribution in [3.63, 3.8) is 0 Å². The molecule has 4 heteroatoms. The number of aromatic nitrogens is 2. The van der Waals surface area contributed by atoms with Crippen LogP contribution in [0.2, 0.25) is 0 Å². The van der Waals surface area contributed by atoms with Gasteiger partial charge in [0.05, 0.1) is 12.7 Å². The summed E-state index contributed by atoms with van der Waals surface area (Å²) in [5.41, 5.74) is 1.50. The number of ether oxygens (including phenoxy) is 1. The van der Waals surface area contributed by atoms with Crippen molar-refractivity contribution >= 4 is 22.6 Å². The number of halogens is 1. The highest BCUT2D eigenvalue weighted by Gasteiger charge is 2.34. The van der Waals surface area contributed by atoms with Gasteiger partial charge in [0.2, 0.25) is 5.88 Å². The predicted octanol–water partition coefficient (Wildman–Crippen LogP) is 5.84. The summed E-state index contributed by atoms with van der Waals surface area (Å²) in [6, 6.07) is 0. The Morgan fingerprint density at radius 1 is 1.05 bits per heavy atom. The van der Waals surface area contributed by atoms with Crippen molar-refractivity contribution in [2.75, 3.05) is 7.11 Å². The smallest absolute Gasteiger partial charge is 0.237 e. The maximum Gasteiger partial charge on any atom is 0.237 e. The average molecular weight is 420 g/mol. The molecule has 22 heavy (non-hydrogen) atoms. The maximum atomic E-state index is 5.59. The standard InChI is InChI=1S/C18H33IN2O/c1-6-8-10-12-14-18(3,13-11-9-7-2)15-16(19)21(4)20-17(15)22-5/h6-14H2,1-5H3. The quantitative estimate of drug-likeness (QED) is 0.332. The zero-order valence-corrected chi connectivity index (χ0v) is 17.2. The van der Waals surface area contributed by atoms with Crippen molar-refractivity contribution in [1.82, 2.24) is 9.78 Å². The lowest BCUT2D eigenvalue weighted by atomic mass is 9.75. The van der Waals surface area contributed by atoms with E-state index in [9.17, 15) is 0 Å². The largest absolute Gasteiger partial charge is 0.480 e. The zero-order chi connectivity index (χ0) is 16.6. The molecule has 0 aliphatic rings. The van der Waals surface area contributed by atoms with Gasteiger partial charge in [-0.2, -0.15) is 0 Å². The topological polar surface area (TPSA) is 27.1 Å². The van der Waals surface area contributed by atoms with E-state index >= 15 is 0 Å². The van der Waals surface area contributed by atoms with Gasteiger partial charge in [-0.15, -0.1) is 5.10 Å². The molecular formula is C18H33IN2O. The minimum Gasteiger partial charge on any atom is -0.480 e. The van der Waals surface area contributed by atoms with E-state index in [-0.39, 0.29) is 5.41 Å². The molecule has 0 amide bonds. The second-order valence-electron chi connectivity index (χ2n) is 6.63. The summed E-state index contributed by atoms with van der Waals surface area (Å²) in [5, 5.41) is 4.55. The number of rotatable bonds is 11. The number of methoxy groups -OCH3 is 1. The van der Waals surface area contributed by atoms with E-state index in [2.05, 4.69) is 48.5 Å². The first-order chi connectivity index (χ1) is 10.5. The van der Waals surface area contributed by atoms with Crippen molar-refractivity contribution < 1.29 is 4.74 Å². The zero-order valence-electron chi connectivity index (χ0n) is 15.0. The third-order valence-electron chi connectivity index (χ3n) is 4.66. The fourth-order valence-corrected chi connectivity index (χ4v) is 4.20. The van der Waals surface area contributed by atoms with E-state index in [1.807, 2.05) is 11.7 Å². The second-order valence-corrected chi connectivity index (χ2v) is 7.65. The van der Waals surface area contributed by atoms with Gasteiger partial charge in [-0.3, -0.25) is 4.68 Å². The Morgan fingerprint density at radius 3 is 2.14 bits per heavy atom. The van der Waals surface area contributed by atoms with Crippen LogP contribution in [-0.4, -0.2) is 16.9 Å². The lowest BCUT2D eigenvalue weighted by Crippen LogP contribution is -2.24. The molecular weight excluding hydrogens is 387 g/mol. The predicted molar refractivity (Wildman–Crippen MR) is 103 cm³/mol. The molecule has 0 N–H and O–H groups in total. The van der Waals surface area contributed by atoms with Gasteiger partial charge in [-0.05, 0) is 35.4 Å². The average Bonchev–Trinajstić information content (AvgIpc) is 2.80. The van der Waals surface area contributed by atoms with Crippen molar-refractivity contribution in [3.05, 3.63) is 9.26 Å². The summed E-state index contributed by atoms with van der Waals surface area (Å²) in [6.07, 6.45) is 11.6. The van der Waals surface area contributed by atoms with E-state index in [1.165, 1.54) is 67.1 Å². The Labute approximate surface area is 150 Å². The lowest BCUT2D eigenvalue weighted by Gasteiger charge is -2.30. The van der Waals surface area contributed by atoms with E-state index in [0.29, 0.717) is 0 Å². The molecule has 128 valence electrons. The SMILES string of the molecule is CCCCCCC(C)(CCCCC)c1c(OC)nn(C)c1I. The molecule has 1 aromatic rings. The molecule has 0 aromatic carbocycles. The Hall–Kier alpha value is -0.260. The second kappa shape index (κ2) is 9.78. The van der Waals surface area contributed by atoms with Crippen molar-refractivity contribution in [1.29, 1.82) is 0 Å². The van der Waals surface area contributed by atoms with Crippen LogP contribution in [0.25, 0.3) is 0 Å². The van der Waals surface area contributed by atoms with Crippen molar-refractivity contribution in [2.45, 2.75) is 84.0 Å². The first kappa shape index (κ1) is 19.8. The number of unbranched alkanes of at least 4 members (excludes halogenated alkanes) is 5. The summed E-state index contributed by atoms with van der Waals surface area (Å²) in [4.78, 5) is 0. The third-order valence-corrected chi connectivity index (χ3v) is 5.89. The van der Waals surface area contributed by atoms with Gasteiger partial charge in [0.15, 0.2) is 0 Å². The van der Waals surface area contributed by atoms with Crippen LogP contribution in [-0.2, 0) is 12.5 Å². The third kappa shape index (κ3) is 5.14. The van der Waals surface area contributed by atoms with E-state index in [4.69, 9.17) is 4.74 Å². The van der Waals surface area contributed by atoms with Crippen LogP contribution in [0, 0.1) is 3.70 Å². The molecule has 1 unspecified atom stereocenters. The molecule has 0 aliphatic heterocycles. The number of nitrogens with zero attached hydrogens (tertiary/aromatic N) is 2. The van der Waals surface area contributed by atoms with E-state index in [0.717, 1.165) is 5.88 Å². The van der Waals surface area contributed by atoms with Gasteiger partial charge in [0, 0.05) is 12.5 Å². The summed E-state index contributed by atoms with van der Waals surface area (Å²) in [6.45, 7) is 6.96. The van der Waals surface area contributed by atoms with E-state index in [1.54, 1.807) is 7.11 Å². The lowest BCUT2D eigenvalue weighted by molar-refractivity contribution is 0.334. The Bertz CT molecular complexity index is 445. The van der Waals surface area contributed by atoms with Crippen molar-refractivity contribution in [2.24, 2.45) is 7.05 Å². The summed E-state index contributed by atoms with van der Waals surface area (Å²) in [5.74, 6) is 0.821. The van der Waals surface area contributed by atoms with Crippen LogP contribution < -0.4 is 4.74 Å². The first-order valence-electron chi connectivity index (χ1n) is 8.77. The first-order valence-corrected chi connectivity index (χ1v) is 9.85. The summed E-state index contributed by atoms with van der Waals surface area (Å²) < 4.78 is 8.77. The maximum absolute atomic E-state index is 5.59. The van der Waals surface area contributed by atoms with Crippen LogP contribution in [0.4, 0.5) is 0 Å². The Morgan fingerprint density at radius 2 is 1.59 bits per heavy atom. The molecule has 1 rings (SSSR count). The van der Waals surface area contributed by atoms with Crippen LogP contribution in [0.1, 0.15) is 84.1 Å². The Kier molecular flexibility index (Phi) is 8.80. The highest BCUT2D eigenvalue weighted by molar-refractivity contribution is 14.1. The van der Waals surface area contributed by atoms with Gasteiger partial charge in [0.1, 0.15) is 3.70 Å². The normalized spacial score (nSPS) is 14.1. The van der Waals surface area contributed by atoms with Crippen LogP contribution >= 0.6 is 22.6 Å². The molecule has 0 bridgehead atoms. The van der Waals surface area contributed by atoms with Gasteiger partial charge in [0.25, 0.3) is 0 Å². The summed E-state index contributed by atoms with van der Waals surface area (Å²) in [7, 11) is 3.75. The molecule has 1 atom stereocenters. The molecule has 0 spiro atoms. The molecule has 3 nitrogen and oxygen atoms in total. The fourth-order valence-electron chi connectivity index (χ4n) is 3.21. The molecule has 1 aromatic heterocycles. The van der Waals surface area contributed by atoms with Gasteiger partial charge < -0.3 is 4.74 Å². The van der Waals surface area contributed by atoms with Gasteiger partial charge in [-0.25, -0.2) is 0 Å². The molecule has 0 fully saturated rings. The van der Waals surface area contributed by atoms with Gasteiger partial charge >= 0.3 is 0 Å². The molecule has 0 aliphatic carbocycles. The van der Waals surface area contributed by atoms with Crippen LogP contribution in [0.3, 0.4) is 0 Å². The minimum absolute atomic E-state index is 0.180.